The van der Waals surface area contributed by atoms with Gasteiger partial charge in [-0.2, -0.15) is 0 Å². The van der Waals surface area contributed by atoms with Gasteiger partial charge in [-0.1, -0.05) is 18.2 Å². The van der Waals surface area contributed by atoms with Gasteiger partial charge in [0.15, 0.2) is 0 Å². The molecule has 29 heavy (non-hydrogen) atoms. The molecule has 3 aromatic rings. The molecule has 2 aromatic carbocycles. The van der Waals surface area contributed by atoms with Gasteiger partial charge >= 0.3 is 0 Å². The summed E-state index contributed by atoms with van der Waals surface area (Å²) in [5.74, 6) is -0.390. The van der Waals surface area contributed by atoms with Crippen molar-refractivity contribution in [3.8, 4) is 0 Å². The topological polar surface area (TPSA) is 131 Å². The van der Waals surface area contributed by atoms with Crippen LogP contribution >= 0.6 is 11.3 Å². The highest BCUT2D eigenvalue weighted by atomic mass is 32.2. The maximum absolute atomic E-state index is 12.2. The molecule has 2 N–H and O–H groups in total. The van der Waals surface area contributed by atoms with Crippen molar-refractivity contribution in [3.63, 3.8) is 0 Å². The number of carbonyl (C=O) groups is 1. The van der Waals surface area contributed by atoms with E-state index in [9.17, 15) is 23.3 Å². The number of nitro groups is 1. The molecular weight excluding hydrogens is 416 g/mol. The highest BCUT2D eigenvalue weighted by molar-refractivity contribution is 7.89. The number of nitrogens with zero attached hydrogens (tertiary/aromatic N) is 2. The van der Waals surface area contributed by atoms with E-state index in [2.05, 4.69) is 15.0 Å². The number of amides is 1. The third-order valence-electron chi connectivity index (χ3n) is 3.74. The number of hydrogen-bond acceptors (Lipinski definition) is 7. The van der Waals surface area contributed by atoms with E-state index >= 15 is 0 Å². The van der Waals surface area contributed by atoms with Gasteiger partial charge in [-0.15, -0.1) is 11.3 Å². The average Bonchev–Trinajstić information content (AvgIpc) is 3.13. The second-order valence-electron chi connectivity index (χ2n) is 5.80. The van der Waals surface area contributed by atoms with Crippen molar-refractivity contribution in [1.82, 2.24) is 15.0 Å². The summed E-state index contributed by atoms with van der Waals surface area (Å²) in [6.07, 6.45) is 2.92. The lowest BCUT2D eigenvalue weighted by Crippen LogP contribution is -2.34. The van der Waals surface area contributed by atoms with Gasteiger partial charge < -0.3 is 5.32 Å². The molecule has 0 radical (unpaired) electrons. The second-order valence-corrected chi connectivity index (χ2v) is 8.63. The van der Waals surface area contributed by atoms with Crippen molar-refractivity contribution in [2.24, 2.45) is 0 Å². The molecule has 0 atom stereocenters. The van der Waals surface area contributed by atoms with Crippen LogP contribution in [0.15, 0.2) is 59.5 Å². The van der Waals surface area contributed by atoms with Gasteiger partial charge in [-0.25, -0.2) is 18.1 Å². The summed E-state index contributed by atoms with van der Waals surface area (Å²) in [6.45, 7) is -0.0110. The number of hydrogen-bond donors (Lipinski definition) is 2. The number of para-hydroxylation sites is 1. The number of carbonyl (C=O) groups excluding carboxylic acids is 1. The van der Waals surface area contributed by atoms with Crippen LogP contribution in [0.25, 0.3) is 16.3 Å². The van der Waals surface area contributed by atoms with E-state index in [4.69, 9.17) is 0 Å². The van der Waals surface area contributed by atoms with Crippen molar-refractivity contribution >= 4 is 49.2 Å². The first-order chi connectivity index (χ1) is 13.8. The number of sulfonamides is 1. The van der Waals surface area contributed by atoms with E-state index in [1.807, 2.05) is 24.3 Å². The maximum Gasteiger partial charge on any atom is 0.270 e. The Balaban J connectivity index is 1.49. The molecule has 0 spiro atoms. The molecule has 11 heteroatoms. The van der Waals surface area contributed by atoms with Crippen LogP contribution < -0.4 is 10.0 Å². The van der Waals surface area contributed by atoms with Crippen LogP contribution in [-0.4, -0.2) is 37.3 Å². The highest BCUT2D eigenvalue weighted by Crippen LogP contribution is 2.22. The van der Waals surface area contributed by atoms with Crippen molar-refractivity contribution < 1.29 is 18.1 Å². The van der Waals surface area contributed by atoms with E-state index in [-0.39, 0.29) is 29.6 Å². The summed E-state index contributed by atoms with van der Waals surface area (Å²) in [7, 11) is -3.92. The lowest BCUT2D eigenvalue weighted by Gasteiger charge is -2.07. The Morgan fingerprint density at radius 2 is 1.97 bits per heavy atom. The summed E-state index contributed by atoms with van der Waals surface area (Å²) in [6, 6.07) is 12.4. The first-order valence-electron chi connectivity index (χ1n) is 8.41. The Kier molecular flexibility index (Phi) is 6.32. The smallest absolute Gasteiger partial charge is 0.270 e. The molecule has 0 saturated carbocycles. The second kappa shape index (κ2) is 8.90. The van der Waals surface area contributed by atoms with Gasteiger partial charge in [0.1, 0.15) is 5.01 Å². The number of fused-ring (bicyclic) bond motifs is 1. The van der Waals surface area contributed by atoms with Gasteiger partial charge in [-0.3, -0.25) is 14.9 Å². The standard InChI is InChI=1S/C18H16N4O5S2/c23-17(8-9-18-21-15-6-1-2-7-16(15)28-18)19-10-11-20-29(26,27)14-5-3-4-13(12-14)22(24)25/h1-9,12,20H,10-11H2,(H,19,23)/b9-8+. The number of aromatic nitrogens is 1. The minimum absolute atomic E-state index is 0.0528. The van der Waals surface area contributed by atoms with Crippen molar-refractivity contribution in [1.29, 1.82) is 0 Å². The summed E-state index contributed by atoms with van der Waals surface area (Å²) in [4.78, 5) is 26.1. The molecule has 0 aliphatic rings. The Morgan fingerprint density at radius 1 is 1.17 bits per heavy atom. The number of thiazole rings is 1. The lowest BCUT2D eigenvalue weighted by molar-refractivity contribution is -0.385. The Bertz CT molecular complexity index is 1150. The minimum atomic E-state index is -3.92. The molecule has 0 saturated heterocycles. The SMILES string of the molecule is O=C(/C=C/c1nc2ccccc2s1)NCCNS(=O)(=O)c1cccc([N+](=O)[O-])c1. The Morgan fingerprint density at radius 3 is 2.72 bits per heavy atom. The number of non-ortho nitro benzene ring substituents is 1. The van der Waals surface area contributed by atoms with Crippen LogP contribution in [0.3, 0.4) is 0 Å². The van der Waals surface area contributed by atoms with Crippen LogP contribution in [0.2, 0.25) is 0 Å². The highest BCUT2D eigenvalue weighted by Gasteiger charge is 2.17. The molecule has 0 unspecified atom stereocenters. The fourth-order valence-corrected chi connectivity index (χ4v) is 4.33. The molecule has 150 valence electrons. The maximum atomic E-state index is 12.2. The third-order valence-corrected chi connectivity index (χ3v) is 6.20. The van der Waals surface area contributed by atoms with E-state index in [0.717, 1.165) is 16.3 Å². The van der Waals surface area contributed by atoms with Crippen molar-refractivity contribution in [3.05, 3.63) is 69.7 Å². The number of nitro benzene ring substituents is 1. The quantitative estimate of drug-likeness (QED) is 0.243. The minimum Gasteiger partial charge on any atom is -0.351 e. The van der Waals surface area contributed by atoms with Gasteiger partial charge in [0.25, 0.3) is 5.69 Å². The van der Waals surface area contributed by atoms with Crippen LogP contribution in [0.4, 0.5) is 5.69 Å². The predicted molar refractivity (Wildman–Crippen MR) is 110 cm³/mol. The van der Waals surface area contributed by atoms with Crippen LogP contribution in [0.5, 0.6) is 0 Å². The molecule has 1 amide bonds. The van der Waals surface area contributed by atoms with Gasteiger partial charge in [0.2, 0.25) is 15.9 Å². The third kappa shape index (κ3) is 5.44. The molecule has 0 aliphatic carbocycles. The van der Waals surface area contributed by atoms with Gasteiger partial charge in [-0.05, 0) is 24.3 Å². The van der Waals surface area contributed by atoms with Gasteiger partial charge in [0.05, 0.1) is 20.0 Å². The first-order valence-corrected chi connectivity index (χ1v) is 10.7. The molecular formula is C18H16N4O5S2. The van der Waals surface area contributed by atoms with Crippen molar-refractivity contribution in [2.75, 3.05) is 13.1 Å². The number of rotatable bonds is 8. The molecule has 1 heterocycles. The van der Waals surface area contributed by atoms with Crippen LogP contribution in [-0.2, 0) is 14.8 Å². The van der Waals surface area contributed by atoms with E-state index < -0.39 is 14.9 Å². The largest absolute Gasteiger partial charge is 0.351 e. The average molecular weight is 432 g/mol. The summed E-state index contributed by atoms with van der Waals surface area (Å²) >= 11 is 1.45. The Labute approximate surface area is 170 Å². The fraction of sp³-hybridized carbons (Fsp3) is 0.111. The molecule has 9 nitrogen and oxygen atoms in total. The Hall–Kier alpha value is -3.15. The lowest BCUT2D eigenvalue weighted by atomic mass is 10.3. The molecule has 1 aromatic heterocycles. The molecule has 3 rings (SSSR count). The van der Waals surface area contributed by atoms with Crippen LogP contribution in [0.1, 0.15) is 5.01 Å². The zero-order valence-electron chi connectivity index (χ0n) is 14.9. The van der Waals surface area contributed by atoms with E-state index in [0.29, 0.717) is 5.01 Å². The zero-order valence-corrected chi connectivity index (χ0v) is 16.6. The van der Waals surface area contributed by atoms with Crippen molar-refractivity contribution in [2.45, 2.75) is 4.90 Å². The normalized spacial score (nSPS) is 11.7. The molecule has 0 bridgehead atoms. The number of nitrogens with one attached hydrogen (secondary N) is 2. The molecule has 0 fully saturated rings. The summed E-state index contributed by atoms with van der Waals surface area (Å²) < 4.78 is 27.7. The molecule has 0 aliphatic heterocycles. The fourth-order valence-electron chi connectivity index (χ4n) is 2.39. The van der Waals surface area contributed by atoms with Gasteiger partial charge in [0, 0.05) is 31.3 Å². The van der Waals surface area contributed by atoms with E-state index in [1.54, 1.807) is 6.08 Å². The summed E-state index contributed by atoms with van der Waals surface area (Å²) in [5, 5.41) is 14.0. The predicted octanol–water partition coefficient (Wildman–Crippen LogP) is 2.31. The monoisotopic (exact) mass is 432 g/mol. The first kappa shape index (κ1) is 20.6. The number of benzene rings is 2. The van der Waals surface area contributed by atoms with Crippen LogP contribution in [0, 0.1) is 10.1 Å². The van der Waals surface area contributed by atoms with E-state index in [1.165, 1.54) is 35.6 Å². The zero-order chi connectivity index (χ0) is 20.9. The summed E-state index contributed by atoms with van der Waals surface area (Å²) in [5.41, 5.74) is 0.536.